The average molecular weight is 638 g/mol. The zero-order chi connectivity index (χ0) is 32.7. The van der Waals surface area contributed by atoms with Gasteiger partial charge in [-0.25, -0.2) is 9.37 Å². The lowest BCUT2D eigenvalue weighted by molar-refractivity contribution is -0.147. The number of benzene rings is 3. The minimum Gasteiger partial charge on any atom is -0.496 e. The molecule has 244 valence electrons. The van der Waals surface area contributed by atoms with Gasteiger partial charge in [0.05, 0.1) is 30.3 Å². The monoisotopic (exact) mass is 637 g/mol. The van der Waals surface area contributed by atoms with E-state index in [-0.39, 0.29) is 23.0 Å². The Bertz CT molecular complexity index is 1730. The third-order valence-electron chi connectivity index (χ3n) is 9.54. The van der Waals surface area contributed by atoms with Gasteiger partial charge >= 0.3 is 6.18 Å². The van der Waals surface area contributed by atoms with Crippen LogP contribution in [-0.2, 0) is 12.7 Å². The number of Topliss-reactive ketones (excluding diaryl/α,β-unsaturated/α-hetero) is 1. The van der Waals surface area contributed by atoms with Crippen molar-refractivity contribution in [2.45, 2.75) is 71.3 Å². The highest BCUT2D eigenvalue weighted by Crippen LogP contribution is 2.46. The van der Waals surface area contributed by atoms with E-state index >= 15 is 0 Å². The van der Waals surface area contributed by atoms with E-state index in [0.717, 1.165) is 42.5 Å². The van der Waals surface area contributed by atoms with Gasteiger partial charge in [-0.05, 0) is 112 Å². The van der Waals surface area contributed by atoms with Crippen LogP contribution < -0.4 is 9.47 Å². The van der Waals surface area contributed by atoms with Crippen molar-refractivity contribution in [3.63, 3.8) is 0 Å². The number of hydrogen-bond acceptors (Lipinski definition) is 5. The Morgan fingerprint density at radius 2 is 1.76 bits per heavy atom. The Labute approximate surface area is 266 Å². The first-order valence-corrected chi connectivity index (χ1v) is 15.9. The molecule has 1 saturated heterocycles. The second kappa shape index (κ2) is 12.7. The summed E-state index contributed by atoms with van der Waals surface area (Å²) < 4.78 is 67.7. The normalized spacial score (nSPS) is 20.1. The highest BCUT2D eigenvalue weighted by atomic mass is 19.4. The van der Waals surface area contributed by atoms with Crippen LogP contribution in [0.4, 0.5) is 17.6 Å². The molecule has 1 aliphatic heterocycles. The maximum absolute atomic E-state index is 13.7. The number of aromatic nitrogens is 2. The first-order chi connectivity index (χ1) is 22.0. The number of imidazole rings is 1. The molecule has 2 aliphatic rings. The van der Waals surface area contributed by atoms with Crippen LogP contribution in [-0.4, -0.2) is 46.5 Å². The van der Waals surface area contributed by atoms with Crippen LogP contribution in [0.1, 0.15) is 74.2 Å². The van der Waals surface area contributed by atoms with Crippen molar-refractivity contribution in [1.82, 2.24) is 14.5 Å². The number of halogens is 4. The molecule has 3 atom stereocenters. The number of carbonyl (C=O) groups is 1. The molecule has 0 spiro atoms. The second-order valence-electron chi connectivity index (χ2n) is 12.7. The Morgan fingerprint density at radius 3 is 2.43 bits per heavy atom. The molecule has 6 nitrogen and oxygen atoms in total. The zero-order valence-corrected chi connectivity index (χ0v) is 26.5. The summed E-state index contributed by atoms with van der Waals surface area (Å²) in [7, 11) is 1.62. The minimum absolute atomic E-state index is 0.0545. The molecular weight excluding hydrogens is 598 g/mol. The lowest BCUT2D eigenvalue weighted by Gasteiger charge is -2.25. The highest BCUT2D eigenvalue weighted by molar-refractivity contribution is 5.99. The summed E-state index contributed by atoms with van der Waals surface area (Å²) in [4.78, 5) is 19.8. The van der Waals surface area contributed by atoms with E-state index in [1.54, 1.807) is 45.2 Å². The number of nitrogens with zero attached hydrogens (tertiary/aromatic N) is 3. The fourth-order valence-electron chi connectivity index (χ4n) is 7.59. The van der Waals surface area contributed by atoms with Crippen molar-refractivity contribution in [3.8, 4) is 22.6 Å². The van der Waals surface area contributed by atoms with E-state index < -0.39 is 18.0 Å². The molecule has 0 bridgehead atoms. The van der Waals surface area contributed by atoms with Crippen LogP contribution in [0, 0.1) is 17.7 Å². The standard InChI is InChI=1S/C36H39F4N3O3/c1-5-46-33-17-22(16-32(45-4)34(33)23-6-10-26(37)11-7-23)20-42-15-14-27-24(8-12-29(27)42)19-31(44)25-9-13-30-28(18-25)41-35(36(38,39)40)43(30)21(2)3/h6-7,9-11,13,16-18,21,24,27,29H,5,8,12,14-15,19-20H2,1-4H3/t24?,27-,29+/m0/s1. The number of ketones is 1. The smallest absolute Gasteiger partial charge is 0.449 e. The number of likely N-dealkylation sites (tertiary alicyclic amines) is 1. The van der Waals surface area contributed by atoms with Crippen LogP contribution >= 0.6 is 0 Å². The van der Waals surface area contributed by atoms with E-state index in [1.165, 1.54) is 22.8 Å². The fraction of sp³-hybridized carbons (Fsp3) is 0.444. The van der Waals surface area contributed by atoms with Gasteiger partial charge in [0.15, 0.2) is 5.78 Å². The lowest BCUT2D eigenvalue weighted by Crippen LogP contribution is -2.30. The summed E-state index contributed by atoms with van der Waals surface area (Å²) in [5.74, 6) is 0.630. The maximum atomic E-state index is 13.7. The first-order valence-electron chi connectivity index (χ1n) is 15.9. The number of fused-ring (bicyclic) bond motifs is 2. The van der Waals surface area contributed by atoms with Crippen LogP contribution in [0.2, 0.25) is 0 Å². The number of carbonyl (C=O) groups excluding carboxylic acids is 1. The molecule has 6 rings (SSSR count). The Hall–Kier alpha value is -3.92. The van der Waals surface area contributed by atoms with Gasteiger partial charge in [0.25, 0.3) is 0 Å². The maximum Gasteiger partial charge on any atom is 0.449 e. The summed E-state index contributed by atoms with van der Waals surface area (Å²) in [6.07, 6.45) is -1.32. The molecule has 4 aromatic rings. The molecular formula is C36H39F4N3O3. The van der Waals surface area contributed by atoms with Gasteiger partial charge in [0.1, 0.15) is 17.3 Å². The topological polar surface area (TPSA) is 56.6 Å². The molecule has 10 heteroatoms. The zero-order valence-electron chi connectivity index (χ0n) is 26.5. The molecule has 0 N–H and O–H groups in total. The quantitative estimate of drug-likeness (QED) is 0.129. The average Bonchev–Trinajstić information content (AvgIpc) is 3.72. The number of rotatable bonds is 10. The Kier molecular flexibility index (Phi) is 8.85. The number of ether oxygens (including phenoxy) is 2. The van der Waals surface area contributed by atoms with Crippen molar-refractivity contribution in [3.05, 3.63) is 77.4 Å². The number of hydrogen-bond donors (Lipinski definition) is 0. The first kappa shape index (κ1) is 32.0. The van der Waals surface area contributed by atoms with Crippen molar-refractivity contribution < 1.29 is 31.8 Å². The SMILES string of the molecule is CCOc1cc(CN2CC[C@H]3C(CC(=O)c4ccc5c(c4)nc(C(F)(F)F)n5C(C)C)CC[C@H]32)cc(OC)c1-c1ccc(F)cc1. The van der Waals surface area contributed by atoms with Crippen LogP contribution in [0.25, 0.3) is 22.2 Å². The fourth-order valence-corrected chi connectivity index (χ4v) is 7.59. The molecule has 1 aromatic heterocycles. The Morgan fingerprint density at radius 1 is 1.02 bits per heavy atom. The van der Waals surface area contributed by atoms with Gasteiger partial charge in [0.2, 0.25) is 5.82 Å². The minimum atomic E-state index is -4.58. The molecule has 3 aromatic carbocycles. The third kappa shape index (κ3) is 6.11. The number of methoxy groups -OCH3 is 1. The highest BCUT2D eigenvalue weighted by Gasteiger charge is 2.44. The van der Waals surface area contributed by atoms with Crippen LogP contribution in [0.5, 0.6) is 11.5 Å². The van der Waals surface area contributed by atoms with Crippen LogP contribution in [0.15, 0.2) is 54.6 Å². The second-order valence-corrected chi connectivity index (χ2v) is 12.7. The van der Waals surface area contributed by atoms with E-state index in [2.05, 4.69) is 9.88 Å². The predicted molar refractivity (Wildman–Crippen MR) is 169 cm³/mol. The van der Waals surface area contributed by atoms with Crippen molar-refractivity contribution in [2.75, 3.05) is 20.3 Å². The number of alkyl halides is 3. The van der Waals surface area contributed by atoms with Gasteiger partial charge in [-0.1, -0.05) is 12.1 Å². The molecule has 0 amide bonds. The predicted octanol–water partition coefficient (Wildman–Crippen LogP) is 8.72. The molecule has 0 radical (unpaired) electrons. The van der Waals surface area contributed by atoms with E-state index in [1.807, 2.05) is 19.1 Å². The van der Waals surface area contributed by atoms with Crippen molar-refractivity contribution in [2.24, 2.45) is 11.8 Å². The van der Waals surface area contributed by atoms with E-state index in [0.29, 0.717) is 54.1 Å². The summed E-state index contributed by atoms with van der Waals surface area (Å²) >= 11 is 0. The van der Waals surface area contributed by atoms with E-state index in [9.17, 15) is 22.4 Å². The van der Waals surface area contributed by atoms with Crippen LogP contribution in [0.3, 0.4) is 0 Å². The molecule has 1 unspecified atom stereocenters. The van der Waals surface area contributed by atoms with Gasteiger partial charge < -0.3 is 14.0 Å². The summed E-state index contributed by atoms with van der Waals surface area (Å²) in [5, 5.41) is 0. The lowest BCUT2D eigenvalue weighted by atomic mass is 9.87. The molecule has 46 heavy (non-hydrogen) atoms. The molecule has 1 aliphatic carbocycles. The van der Waals surface area contributed by atoms with Gasteiger partial charge in [-0.2, -0.15) is 13.2 Å². The molecule has 2 heterocycles. The van der Waals surface area contributed by atoms with Gasteiger partial charge in [-0.3, -0.25) is 9.69 Å². The summed E-state index contributed by atoms with van der Waals surface area (Å²) in [5.41, 5.74) is 3.63. The van der Waals surface area contributed by atoms with Crippen molar-refractivity contribution in [1.29, 1.82) is 0 Å². The third-order valence-corrected chi connectivity index (χ3v) is 9.54. The Balaban J connectivity index is 1.17. The van der Waals surface area contributed by atoms with Crippen molar-refractivity contribution >= 4 is 16.8 Å². The van der Waals surface area contributed by atoms with E-state index in [4.69, 9.17) is 9.47 Å². The molecule has 2 fully saturated rings. The largest absolute Gasteiger partial charge is 0.496 e. The molecule has 1 saturated carbocycles. The summed E-state index contributed by atoms with van der Waals surface area (Å²) in [6.45, 7) is 7.39. The summed E-state index contributed by atoms with van der Waals surface area (Å²) in [6, 6.07) is 15.0. The van der Waals surface area contributed by atoms with Gasteiger partial charge in [0, 0.05) is 30.6 Å². The van der Waals surface area contributed by atoms with Gasteiger partial charge in [-0.15, -0.1) is 0 Å².